The van der Waals surface area contributed by atoms with Gasteiger partial charge in [-0.2, -0.15) is 0 Å². The highest BCUT2D eigenvalue weighted by Gasteiger charge is 1.99. The molecule has 21 heavy (non-hydrogen) atoms. The smallest absolute Gasteiger partial charge is 0.262 e. The summed E-state index contributed by atoms with van der Waals surface area (Å²) in [5.41, 5.74) is 5.80. The van der Waals surface area contributed by atoms with Gasteiger partial charge in [0.05, 0.1) is 0 Å². The number of carbonyl (C=O) groups is 1. The molecule has 114 valence electrons. The third-order valence-electron chi connectivity index (χ3n) is 2.60. The van der Waals surface area contributed by atoms with Crippen LogP contribution in [0.1, 0.15) is 25.8 Å². The van der Waals surface area contributed by atoms with E-state index in [1.165, 1.54) is 18.2 Å². The van der Waals surface area contributed by atoms with E-state index in [0.29, 0.717) is 11.0 Å². The van der Waals surface area contributed by atoms with Crippen molar-refractivity contribution < 1.29 is 9.18 Å². The van der Waals surface area contributed by atoms with E-state index in [1.54, 1.807) is 18.2 Å². The molecule has 0 unspecified atom stereocenters. The summed E-state index contributed by atoms with van der Waals surface area (Å²) in [6.45, 7) is 5.01. The molecule has 0 bridgehead atoms. The molecule has 0 fully saturated rings. The van der Waals surface area contributed by atoms with Crippen molar-refractivity contribution in [3.63, 3.8) is 0 Å². The monoisotopic (exact) mass is 309 g/mol. The molecule has 6 heteroatoms. The second-order valence-corrected chi connectivity index (χ2v) is 5.35. The number of nitrogens with one attached hydrogen (secondary N) is 3. The van der Waals surface area contributed by atoms with Crippen LogP contribution in [0.4, 0.5) is 4.39 Å². The number of carbonyl (C=O) groups excluding carboxylic acids is 1. The Balaban J connectivity index is 2.27. The number of hydrogen-bond acceptors (Lipinski definition) is 2. The Labute approximate surface area is 129 Å². The second kappa shape index (κ2) is 9.07. The molecule has 1 amide bonds. The molecule has 0 spiro atoms. The first kappa shape index (κ1) is 17.1. The van der Waals surface area contributed by atoms with Crippen molar-refractivity contribution in [1.82, 2.24) is 16.2 Å². The fourth-order valence-electron chi connectivity index (χ4n) is 1.42. The SMILES string of the molecule is CC(C)CCNC(=S)NNC(=O)/C=C/c1ccc(F)cc1. The molecule has 0 radical (unpaired) electrons. The molecule has 3 N–H and O–H groups in total. The van der Waals surface area contributed by atoms with Gasteiger partial charge in [-0.25, -0.2) is 4.39 Å². The zero-order valence-corrected chi connectivity index (χ0v) is 13.0. The Bertz CT molecular complexity index is 500. The van der Waals surface area contributed by atoms with Gasteiger partial charge in [-0.3, -0.25) is 15.6 Å². The van der Waals surface area contributed by atoms with E-state index in [4.69, 9.17) is 12.2 Å². The third-order valence-corrected chi connectivity index (χ3v) is 2.85. The lowest BCUT2D eigenvalue weighted by molar-refractivity contribution is -0.116. The first-order chi connectivity index (χ1) is 9.97. The Morgan fingerprint density at radius 2 is 1.95 bits per heavy atom. The highest BCUT2D eigenvalue weighted by atomic mass is 32.1. The van der Waals surface area contributed by atoms with Crippen LogP contribution in [0.25, 0.3) is 6.08 Å². The Morgan fingerprint density at radius 1 is 1.29 bits per heavy atom. The van der Waals surface area contributed by atoms with E-state index in [-0.39, 0.29) is 11.7 Å². The molecule has 0 aromatic heterocycles. The van der Waals surface area contributed by atoms with Crippen LogP contribution in [0.15, 0.2) is 30.3 Å². The maximum absolute atomic E-state index is 12.7. The van der Waals surface area contributed by atoms with Crippen LogP contribution in [-0.4, -0.2) is 17.6 Å². The average Bonchev–Trinajstić information content (AvgIpc) is 2.44. The number of rotatable bonds is 5. The van der Waals surface area contributed by atoms with Gasteiger partial charge in [-0.1, -0.05) is 26.0 Å². The van der Waals surface area contributed by atoms with Gasteiger partial charge in [0.2, 0.25) is 0 Å². The van der Waals surface area contributed by atoms with Crippen LogP contribution >= 0.6 is 12.2 Å². The minimum atomic E-state index is -0.340. The van der Waals surface area contributed by atoms with Crippen LogP contribution in [0, 0.1) is 11.7 Å². The van der Waals surface area contributed by atoms with Gasteiger partial charge in [0, 0.05) is 12.6 Å². The van der Waals surface area contributed by atoms with E-state index >= 15 is 0 Å². The lowest BCUT2D eigenvalue weighted by atomic mass is 10.1. The second-order valence-electron chi connectivity index (χ2n) is 4.94. The Hall–Kier alpha value is -1.95. The van der Waals surface area contributed by atoms with Crippen molar-refractivity contribution in [1.29, 1.82) is 0 Å². The molecular weight excluding hydrogens is 289 g/mol. The van der Waals surface area contributed by atoms with Crippen molar-refractivity contribution in [3.8, 4) is 0 Å². The molecule has 0 atom stereocenters. The zero-order chi connectivity index (χ0) is 15.7. The number of hydrogen-bond donors (Lipinski definition) is 3. The molecule has 0 heterocycles. The van der Waals surface area contributed by atoms with E-state index < -0.39 is 0 Å². The van der Waals surface area contributed by atoms with E-state index in [0.717, 1.165) is 18.5 Å². The topological polar surface area (TPSA) is 53.2 Å². The lowest BCUT2D eigenvalue weighted by Gasteiger charge is -2.11. The van der Waals surface area contributed by atoms with Gasteiger partial charge in [-0.15, -0.1) is 0 Å². The number of amides is 1. The third kappa shape index (κ3) is 8.04. The molecule has 0 aliphatic rings. The summed E-state index contributed by atoms with van der Waals surface area (Å²) in [7, 11) is 0. The lowest BCUT2D eigenvalue weighted by Crippen LogP contribution is -2.46. The summed E-state index contributed by atoms with van der Waals surface area (Å²) < 4.78 is 12.7. The Kier molecular flexibility index (Phi) is 7.39. The van der Waals surface area contributed by atoms with Gasteiger partial charge < -0.3 is 5.32 Å². The van der Waals surface area contributed by atoms with Crippen LogP contribution in [0.2, 0.25) is 0 Å². The van der Waals surface area contributed by atoms with E-state index in [9.17, 15) is 9.18 Å². The minimum Gasteiger partial charge on any atom is -0.361 e. The molecule has 0 saturated carbocycles. The van der Waals surface area contributed by atoms with Crippen LogP contribution in [0.5, 0.6) is 0 Å². The van der Waals surface area contributed by atoms with E-state index in [1.807, 2.05) is 0 Å². The highest BCUT2D eigenvalue weighted by Crippen LogP contribution is 2.04. The normalized spacial score (nSPS) is 10.7. The molecule has 0 aliphatic carbocycles. The summed E-state index contributed by atoms with van der Waals surface area (Å²) in [5.74, 6) is -0.0584. The minimum absolute atomic E-state index is 0.309. The predicted octanol–water partition coefficient (Wildman–Crippen LogP) is 2.38. The first-order valence-electron chi connectivity index (χ1n) is 6.75. The standard InChI is InChI=1S/C15H20FN3OS/c1-11(2)9-10-17-15(21)19-18-14(20)8-5-12-3-6-13(16)7-4-12/h3-8,11H,9-10H2,1-2H3,(H,18,20)(H2,17,19,21)/b8-5+. The quantitative estimate of drug-likeness (QED) is 0.444. The maximum Gasteiger partial charge on any atom is 0.262 e. The molecule has 1 aromatic rings. The number of hydrazine groups is 1. The largest absolute Gasteiger partial charge is 0.361 e. The number of thiocarbonyl (C=S) groups is 1. The fourth-order valence-corrected chi connectivity index (χ4v) is 1.58. The highest BCUT2D eigenvalue weighted by molar-refractivity contribution is 7.80. The van der Waals surface area contributed by atoms with Crippen molar-refractivity contribution in [2.24, 2.45) is 5.92 Å². The molecule has 1 rings (SSSR count). The van der Waals surface area contributed by atoms with Crippen LogP contribution in [-0.2, 0) is 4.79 Å². The van der Waals surface area contributed by atoms with Gasteiger partial charge in [-0.05, 0) is 48.3 Å². The molecule has 4 nitrogen and oxygen atoms in total. The average molecular weight is 309 g/mol. The predicted molar refractivity (Wildman–Crippen MR) is 86.8 cm³/mol. The molecule has 0 saturated heterocycles. The van der Waals surface area contributed by atoms with Crippen LogP contribution < -0.4 is 16.2 Å². The van der Waals surface area contributed by atoms with Crippen molar-refractivity contribution in [3.05, 3.63) is 41.7 Å². The number of halogens is 1. The maximum atomic E-state index is 12.7. The van der Waals surface area contributed by atoms with Crippen molar-refractivity contribution >= 4 is 29.3 Å². The zero-order valence-electron chi connectivity index (χ0n) is 12.2. The first-order valence-corrected chi connectivity index (χ1v) is 7.15. The van der Waals surface area contributed by atoms with Gasteiger partial charge in [0.25, 0.3) is 5.91 Å². The van der Waals surface area contributed by atoms with E-state index in [2.05, 4.69) is 30.0 Å². The summed E-state index contributed by atoms with van der Waals surface area (Å²) >= 11 is 5.01. The molecule has 1 aromatic carbocycles. The van der Waals surface area contributed by atoms with Gasteiger partial charge in [0.1, 0.15) is 5.82 Å². The molecule has 0 aliphatic heterocycles. The fraction of sp³-hybridized carbons (Fsp3) is 0.333. The van der Waals surface area contributed by atoms with Gasteiger partial charge in [0.15, 0.2) is 5.11 Å². The molecular formula is C15H20FN3OS. The number of benzene rings is 1. The van der Waals surface area contributed by atoms with Crippen molar-refractivity contribution in [2.75, 3.05) is 6.54 Å². The van der Waals surface area contributed by atoms with Crippen LogP contribution in [0.3, 0.4) is 0 Å². The van der Waals surface area contributed by atoms with Gasteiger partial charge >= 0.3 is 0 Å². The summed E-state index contributed by atoms with van der Waals surface area (Å²) in [6, 6.07) is 5.85. The Morgan fingerprint density at radius 3 is 2.57 bits per heavy atom. The summed E-state index contributed by atoms with van der Waals surface area (Å²) in [6.07, 6.45) is 3.93. The van der Waals surface area contributed by atoms with Crippen molar-refractivity contribution in [2.45, 2.75) is 20.3 Å². The summed E-state index contributed by atoms with van der Waals surface area (Å²) in [4.78, 5) is 11.5. The summed E-state index contributed by atoms with van der Waals surface area (Å²) in [5, 5.41) is 3.36.